The van der Waals surface area contributed by atoms with Crippen LogP contribution in [0.3, 0.4) is 0 Å². The second-order valence-electron chi connectivity index (χ2n) is 3.17. The molecule has 84 valence electrons. The van der Waals surface area contributed by atoms with Gasteiger partial charge in [0.05, 0.1) is 12.4 Å². The number of nitrogens with one attached hydrogen (secondary N) is 1. The van der Waals surface area contributed by atoms with Gasteiger partial charge >= 0.3 is 0 Å². The lowest BCUT2D eigenvalue weighted by Crippen LogP contribution is -2.09. The van der Waals surface area contributed by atoms with Gasteiger partial charge in [-0.1, -0.05) is 28.1 Å². The van der Waals surface area contributed by atoms with E-state index >= 15 is 0 Å². The molecule has 0 saturated carbocycles. The predicted octanol–water partition coefficient (Wildman–Crippen LogP) is 1.49. The van der Waals surface area contributed by atoms with Gasteiger partial charge in [-0.2, -0.15) is 0 Å². The highest BCUT2D eigenvalue weighted by molar-refractivity contribution is 9.09. The molecule has 6 heteroatoms. The molecule has 1 aromatic carbocycles. The number of rotatable bonds is 4. The number of halogens is 1. The highest BCUT2D eigenvalue weighted by Gasteiger charge is 2.06. The van der Waals surface area contributed by atoms with E-state index in [1.807, 2.05) is 0 Å². The Balaban J connectivity index is 2.81. The highest BCUT2D eigenvalue weighted by Crippen LogP contribution is 2.18. The van der Waals surface area contributed by atoms with Crippen LogP contribution >= 0.6 is 15.9 Å². The molecule has 0 aliphatic heterocycles. The van der Waals surface area contributed by atoms with Crippen molar-refractivity contribution in [2.45, 2.75) is 6.10 Å². The quantitative estimate of drug-likeness (QED) is 0.827. The molecule has 2 N–H and O–H groups in total. The van der Waals surface area contributed by atoms with Gasteiger partial charge in [0.15, 0.2) is 0 Å². The van der Waals surface area contributed by atoms with Crippen LogP contribution in [0.2, 0.25) is 0 Å². The molecule has 0 heterocycles. The average molecular weight is 294 g/mol. The van der Waals surface area contributed by atoms with Crippen LogP contribution in [-0.4, -0.2) is 25.1 Å². The van der Waals surface area contributed by atoms with Crippen LogP contribution in [0.15, 0.2) is 24.3 Å². The maximum atomic E-state index is 10.9. The minimum atomic E-state index is -3.24. The van der Waals surface area contributed by atoms with Gasteiger partial charge in [0, 0.05) is 11.0 Å². The molecule has 0 aliphatic rings. The molecule has 0 aliphatic carbocycles. The number of sulfonamides is 1. The molecule has 0 amide bonds. The van der Waals surface area contributed by atoms with E-state index in [1.165, 1.54) is 0 Å². The first kappa shape index (κ1) is 12.5. The lowest BCUT2D eigenvalue weighted by atomic mass is 10.1. The molecule has 1 rings (SSSR count). The van der Waals surface area contributed by atoms with E-state index in [4.69, 9.17) is 0 Å². The molecular weight excluding hydrogens is 282 g/mol. The average Bonchev–Trinajstić information content (AvgIpc) is 2.15. The number of hydrogen-bond donors (Lipinski definition) is 2. The van der Waals surface area contributed by atoms with Gasteiger partial charge in [-0.25, -0.2) is 8.42 Å². The van der Waals surface area contributed by atoms with Crippen molar-refractivity contribution >= 4 is 31.6 Å². The molecule has 0 saturated heterocycles. The minimum Gasteiger partial charge on any atom is -0.388 e. The number of anilines is 1. The normalized spacial score (nSPS) is 13.5. The third kappa shape index (κ3) is 4.19. The van der Waals surface area contributed by atoms with Crippen molar-refractivity contribution in [2.24, 2.45) is 0 Å². The SMILES string of the molecule is CS(=O)(=O)Nc1ccc([C@@H](O)CBr)cc1. The smallest absolute Gasteiger partial charge is 0.229 e. The topological polar surface area (TPSA) is 66.4 Å². The summed E-state index contributed by atoms with van der Waals surface area (Å²) in [6.07, 6.45) is 0.520. The second-order valence-corrected chi connectivity index (χ2v) is 5.56. The summed E-state index contributed by atoms with van der Waals surface area (Å²) in [4.78, 5) is 0. The summed E-state index contributed by atoms with van der Waals surface area (Å²) in [6.45, 7) is 0. The number of aliphatic hydroxyl groups excluding tert-OH is 1. The Labute approximate surface area is 97.5 Å². The van der Waals surface area contributed by atoms with Gasteiger partial charge in [0.25, 0.3) is 0 Å². The molecule has 0 radical (unpaired) electrons. The summed E-state index contributed by atoms with van der Waals surface area (Å²) in [7, 11) is -3.24. The molecule has 1 atom stereocenters. The molecule has 0 spiro atoms. The molecule has 0 unspecified atom stereocenters. The Morgan fingerprint density at radius 2 is 1.93 bits per heavy atom. The monoisotopic (exact) mass is 293 g/mol. The second kappa shape index (κ2) is 4.96. The van der Waals surface area contributed by atoms with E-state index in [1.54, 1.807) is 24.3 Å². The van der Waals surface area contributed by atoms with Crippen molar-refractivity contribution in [3.05, 3.63) is 29.8 Å². The number of hydrogen-bond acceptors (Lipinski definition) is 3. The summed E-state index contributed by atoms with van der Waals surface area (Å²) >= 11 is 3.16. The van der Waals surface area contributed by atoms with E-state index in [0.717, 1.165) is 11.8 Å². The standard InChI is InChI=1S/C9H12BrNO3S/c1-15(13,14)11-8-4-2-7(3-5-8)9(12)6-10/h2-5,9,11-12H,6H2,1H3/t9-/m0/s1. The lowest BCUT2D eigenvalue weighted by molar-refractivity contribution is 0.205. The summed E-state index contributed by atoms with van der Waals surface area (Å²) in [5.74, 6) is 0. The van der Waals surface area contributed by atoms with Gasteiger partial charge < -0.3 is 5.11 Å². The van der Waals surface area contributed by atoms with E-state index in [0.29, 0.717) is 11.0 Å². The number of alkyl halides is 1. The highest BCUT2D eigenvalue weighted by atomic mass is 79.9. The summed E-state index contributed by atoms with van der Waals surface area (Å²) in [6, 6.07) is 6.59. The first-order valence-electron chi connectivity index (χ1n) is 4.24. The maximum Gasteiger partial charge on any atom is 0.229 e. The third-order valence-electron chi connectivity index (χ3n) is 1.74. The molecule has 4 nitrogen and oxygen atoms in total. The van der Waals surface area contributed by atoms with E-state index in [-0.39, 0.29) is 0 Å². The van der Waals surface area contributed by atoms with E-state index < -0.39 is 16.1 Å². The van der Waals surface area contributed by atoms with Crippen LogP contribution in [0.5, 0.6) is 0 Å². The summed E-state index contributed by atoms with van der Waals surface area (Å²) in [5, 5.41) is 9.92. The van der Waals surface area contributed by atoms with Crippen LogP contribution in [0.4, 0.5) is 5.69 Å². The largest absolute Gasteiger partial charge is 0.388 e. The van der Waals surface area contributed by atoms with Crippen molar-refractivity contribution in [2.75, 3.05) is 16.3 Å². The molecule has 0 bridgehead atoms. The van der Waals surface area contributed by atoms with Crippen molar-refractivity contribution < 1.29 is 13.5 Å². The number of benzene rings is 1. The minimum absolute atomic E-state index is 0.450. The Morgan fingerprint density at radius 1 is 1.40 bits per heavy atom. The van der Waals surface area contributed by atoms with Crippen molar-refractivity contribution in [3.63, 3.8) is 0 Å². The van der Waals surface area contributed by atoms with E-state index in [2.05, 4.69) is 20.7 Å². The molecule has 0 aromatic heterocycles. The number of aliphatic hydroxyl groups is 1. The fraction of sp³-hybridized carbons (Fsp3) is 0.333. The summed E-state index contributed by atoms with van der Waals surface area (Å²) < 4.78 is 24.2. The first-order chi connectivity index (χ1) is 6.92. The van der Waals surface area contributed by atoms with Crippen LogP contribution in [0.25, 0.3) is 0 Å². The van der Waals surface area contributed by atoms with E-state index in [9.17, 15) is 13.5 Å². The van der Waals surface area contributed by atoms with Crippen molar-refractivity contribution in [3.8, 4) is 0 Å². The fourth-order valence-electron chi connectivity index (χ4n) is 1.08. The Kier molecular flexibility index (Phi) is 4.12. The zero-order valence-corrected chi connectivity index (χ0v) is 10.5. The first-order valence-corrected chi connectivity index (χ1v) is 7.25. The van der Waals surface area contributed by atoms with Crippen LogP contribution in [0.1, 0.15) is 11.7 Å². The zero-order chi connectivity index (χ0) is 11.5. The van der Waals surface area contributed by atoms with Gasteiger partial charge in [-0.3, -0.25) is 4.72 Å². The maximum absolute atomic E-state index is 10.9. The molecular formula is C9H12BrNO3S. The van der Waals surface area contributed by atoms with Crippen LogP contribution < -0.4 is 4.72 Å². The zero-order valence-electron chi connectivity index (χ0n) is 8.14. The fourth-order valence-corrected chi connectivity index (χ4v) is 2.01. The molecule has 15 heavy (non-hydrogen) atoms. The van der Waals surface area contributed by atoms with Gasteiger partial charge in [-0.05, 0) is 17.7 Å². The van der Waals surface area contributed by atoms with Crippen LogP contribution in [-0.2, 0) is 10.0 Å². The predicted molar refractivity (Wildman–Crippen MR) is 63.7 cm³/mol. The molecule has 1 aromatic rings. The van der Waals surface area contributed by atoms with Gasteiger partial charge in [0.2, 0.25) is 10.0 Å². The molecule has 0 fully saturated rings. The van der Waals surface area contributed by atoms with Crippen molar-refractivity contribution in [1.82, 2.24) is 0 Å². The van der Waals surface area contributed by atoms with Gasteiger partial charge in [0.1, 0.15) is 0 Å². The summed E-state index contributed by atoms with van der Waals surface area (Å²) in [5.41, 5.74) is 1.23. The Bertz CT molecular complexity index is 415. The Hall–Kier alpha value is -0.590. The van der Waals surface area contributed by atoms with Crippen LogP contribution in [0, 0.1) is 0 Å². The third-order valence-corrected chi connectivity index (χ3v) is 2.96. The Morgan fingerprint density at radius 3 is 2.33 bits per heavy atom. The van der Waals surface area contributed by atoms with Crippen molar-refractivity contribution in [1.29, 1.82) is 0 Å². The van der Waals surface area contributed by atoms with Gasteiger partial charge in [-0.15, -0.1) is 0 Å². The lowest BCUT2D eigenvalue weighted by Gasteiger charge is -2.08.